The van der Waals surface area contributed by atoms with Crippen LogP contribution in [0.4, 0.5) is 5.69 Å². The average Bonchev–Trinajstić information content (AvgIpc) is 2.56. The molecule has 0 aliphatic carbocycles. The summed E-state index contributed by atoms with van der Waals surface area (Å²) in [5.41, 5.74) is 7.54. The average molecular weight is 399 g/mol. The monoisotopic (exact) mass is 398 g/mol. The third-order valence-corrected chi connectivity index (χ3v) is 4.48. The van der Waals surface area contributed by atoms with Crippen LogP contribution in [0.25, 0.3) is 0 Å². The van der Waals surface area contributed by atoms with E-state index < -0.39 is 0 Å². The number of aromatic nitrogens is 1. The molecule has 0 unspecified atom stereocenters. The Hall–Kier alpha value is -2.00. The van der Waals surface area contributed by atoms with Gasteiger partial charge in [0, 0.05) is 23.7 Å². The van der Waals surface area contributed by atoms with Crippen molar-refractivity contribution in [2.75, 3.05) is 11.8 Å². The first-order valence-corrected chi connectivity index (χ1v) is 8.59. The molecule has 1 aromatic carbocycles. The van der Waals surface area contributed by atoms with E-state index in [-0.39, 0.29) is 6.42 Å². The molecule has 0 aliphatic heterocycles. The number of rotatable bonds is 7. The highest BCUT2D eigenvalue weighted by Gasteiger charge is 2.09. The number of hydrogen-bond acceptors (Lipinski definition) is 7. The molecular weight excluding hydrogens is 383 g/mol. The van der Waals surface area contributed by atoms with Crippen LogP contribution in [-0.2, 0) is 6.42 Å². The molecule has 25 heavy (non-hydrogen) atoms. The predicted molar refractivity (Wildman–Crippen MR) is 103 cm³/mol. The van der Waals surface area contributed by atoms with Crippen LogP contribution < -0.4 is 16.3 Å². The Morgan fingerprint density at radius 3 is 2.80 bits per heavy atom. The van der Waals surface area contributed by atoms with E-state index in [1.165, 1.54) is 18.1 Å². The van der Waals surface area contributed by atoms with Crippen molar-refractivity contribution in [3.63, 3.8) is 0 Å². The second kappa shape index (κ2) is 8.91. The zero-order chi connectivity index (χ0) is 18.4. The molecule has 5 N–H and O–H groups in total. The summed E-state index contributed by atoms with van der Waals surface area (Å²) >= 11 is 13.2. The van der Waals surface area contributed by atoms with Gasteiger partial charge in [0.15, 0.2) is 6.29 Å². The first-order chi connectivity index (χ1) is 11.9. The highest BCUT2D eigenvalue weighted by molar-refractivity contribution is 8.00. The Bertz CT molecular complexity index is 800. The highest BCUT2D eigenvalue weighted by atomic mass is 35.5. The Labute approximate surface area is 159 Å². The number of carbonyl (C=O) groups is 1. The third-order valence-electron chi connectivity index (χ3n) is 2.93. The fraction of sp³-hybridized carbons (Fsp3) is 0.133. The molecule has 0 bridgehead atoms. The van der Waals surface area contributed by atoms with Gasteiger partial charge in [-0.05, 0) is 36.2 Å². The van der Waals surface area contributed by atoms with Gasteiger partial charge in [0.1, 0.15) is 5.84 Å². The normalized spacial score (nSPS) is 11.3. The largest absolute Gasteiger partial charge is 0.385 e. The van der Waals surface area contributed by atoms with E-state index in [2.05, 4.69) is 14.8 Å². The van der Waals surface area contributed by atoms with Gasteiger partial charge in [-0.1, -0.05) is 23.2 Å². The fourth-order valence-electron chi connectivity index (χ4n) is 1.87. The molecule has 2 aromatic rings. The predicted octanol–water partition coefficient (Wildman–Crippen LogP) is 2.94. The number of hydrogen-bond donors (Lipinski definition) is 3. The molecule has 0 amide bonds. The van der Waals surface area contributed by atoms with Crippen molar-refractivity contribution in [2.24, 2.45) is 16.7 Å². The molecule has 0 saturated carbocycles. The molecule has 2 rings (SSSR count). The van der Waals surface area contributed by atoms with Crippen molar-refractivity contribution in [1.29, 1.82) is 0 Å². The number of nitrogens with one attached hydrogen (secondary N) is 1. The van der Waals surface area contributed by atoms with E-state index in [4.69, 9.17) is 34.8 Å². The van der Waals surface area contributed by atoms with E-state index in [9.17, 15) is 4.79 Å². The van der Waals surface area contributed by atoms with Crippen LogP contribution in [0.2, 0.25) is 10.0 Å². The summed E-state index contributed by atoms with van der Waals surface area (Å²) in [6.07, 6.45) is 2.46. The van der Waals surface area contributed by atoms with Gasteiger partial charge in [-0.25, -0.2) is 11.0 Å². The molecule has 1 heterocycles. The number of pyridine rings is 1. The number of benzene rings is 1. The molecule has 10 heteroatoms. The smallest absolute Gasteiger partial charge is 0.151 e. The maximum Gasteiger partial charge on any atom is 0.151 e. The summed E-state index contributed by atoms with van der Waals surface area (Å²) < 4.78 is 3.15. The van der Waals surface area contributed by atoms with Crippen LogP contribution in [0, 0.1) is 0 Å². The molecule has 1 aromatic heterocycles. The molecule has 0 aliphatic rings. The number of amidine groups is 1. The molecule has 132 valence electrons. The second-order valence-corrected chi connectivity index (χ2v) is 6.70. The van der Waals surface area contributed by atoms with Crippen molar-refractivity contribution in [3.05, 3.63) is 51.8 Å². The van der Waals surface area contributed by atoms with Gasteiger partial charge in [-0.15, -0.1) is 5.10 Å². The van der Waals surface area contributed by atoms with Crippen LogP contribution >= 0.6 is 35.1 Å². The second-order valence-electron chi connectivity index (χ2n) is 5.00. The maximum absolute atomic E-state index is 11.0. The highest BCUT2D eigenvalue weighted by Crippen LogP contribution is 2.29. The lowest BCUT2D eigenvalue weighted by Crippen LogP contribution is -2.26. The molecule has 0 saturated heterocycles. The molecule has 0 spiro atoms. The summed E-state index contributed by atoms with van der Waals surface area (Å²) in [5, 5.41) is 5.98. The number of nitrogens with two attached hydrogens (primary N) is 2. The number of aldehydes is 1. The quantitative estimate of drug-likeness (QED) is 0.164. The zero-order valence-electron chi connectivity index (χ0n) is 13.2. The lowest BCUT2D eigenvalue weighted by atomic mass is 10.2. The fourth-order valence-corrected chi connectivity index (χ4v) is 2.95. The van der Waals surface area contributed by atoms with Gasteiger partial charge >= 0.3 is 0 Å². The SMILES string of the molecule is CN(N)/N=C(\N)Cc1ncc(C=O)cc1NSc1ccc(Cl)c(Cl)c1. The van der Waals surface area contributed by atoms with Crippen molar-refractivity contribution in [2.45, 2.75) is 11.3 Å². The first-order valence-electron chi connectivity index (χ1n) is 7.02. The van der Waals surface area contributed by atoms with Gasteiger partial charge in [0.2, 0.25) is 0 Å². The standard InChI is InChI=1S/C15H16Cl2N6OS/c1-23(19)21-15(18)6-13-14(4-9(8-24)7-20-13)22-25-10-2-3-11(16)12(17)5-10/h2-5,7-8,22H,6,19H2,1H3,(H2,18,21). The summed E-state index contributed by atoms with van der Waals surface area (Å²) in [5.74, 6) is 5.74. The summed E-state index contributed by atoms with van der Waals surface area (Å²) in [6, 6.07) is 6.94. The third kappa shape index (κ3) is 5.79. The van der Waals surface area contributed by atoms with Crippen molar-refractivity contribution in [1.82, 2.24) is 10.1 Å². The van der Waals surface area contributed by atoms with Gasteiger partial charge in [0.05, 0.1) is 27.8 Å². The van der Waals surface area contributed by atoms with E-state index in [0.29, 0.717) is 32.8 Å². The lowest BCUT2D eigenvalue weighted by molar-refractivity contribution is 0.112. The lowest BCUT2D eigenvalue weighted by Gasteiger charge is -2.12. The van der Waals surface area contributed by atoms with Crippen molar-refractivity contribution < 1.29 is 4.79 Å². The maximum atomic E-state index is 11.0. The topological polar surface area (TPSA) is 110 Å². The van der Waals surface area contributed by atoms with Gasteiger partial charge in [0.25, 0.3) is 0 Å². The van der Waals surface area contributed by atoms with E-state index >= 15 is 0 Å². The van der Waals surface area contributed by atoms with E-state index in [1.54, 1.807) is 25.2 Å². The molecular formula is C15H16Cl2N6OS. The van der Waals surface area contributed by atoms with Gasteiger partial charge in [-0.2, -0.15) is 0 Å². The Kier molecular flexibility index (Phi) is 6.89. The molecule has 0 fully saturated rings. The number of halogens is 2. The first kappa shape index (κ1) is 19.3. The Morgan fingerprint density at radius 2 is 2.16 bits per heavy atom. The van der Waals surface area contributed by atoms with Gasteiger partial charge in [-0.3, -0.25) is 9.78 Å². The minimum absolute atomic E-state index is 0.269. The number of hydrazone groups is 1. The number of nitrogens with zero attached hydrogens (tertiary/aromatic N) is 3. The van der Waals surface area contributed by atoms with Crippen LogP contribution in [0.15, 0.2) is 40.5 Å². The van der Waals surface area contributed by atoms with Crippen LogP contribution in [0.5, 0.6) is 0 Å². The number of anilines is 1. The van der Waals surface area contributed by atoms with Gasteiger partial charge < -0.3 is 10.5 Å². The van der Waals surface area contributed by atoms with Crippen LogP contribution in [-0.4, -0.2) is 29.3 Å². The van der Waals surface area contributed by atoms with E-state index in [1.807, 2.05) is 6.07 Å². The Balaban J connectivity index is 2.21. The van der Waals surface area contributed by atoms with Crippen LogP contribution in [0.1, 0.15) is 16.1 Å². The molecule has 0 radical (unpaired) electrons. The Morgan fingerprint density at radius 1 is 1.40 bits per heavy atom. The van der Waals surface area contributed by atoms with Crippen LogP contribution in [0.3, 0.4) is 0 Å². The summed E-state index contributed by atoms with van der Waals surface area (Å²) in [4.78, 5) is 16.1. The minimum Gasteiger partial charge on any atom is -0.385 e. The van der Waals surface area contributed by atoms with E-state index in [0.717, 1.165) is 16.3 Å². The molecule has 0 atom stereocenters. The zero-order valence-corrected chi connectivity index (χ0v) is 15.6. The summed E-state index contributed by atoms with van der Waals surface area (Å²) in [7, 11) is 1.56. The molecule has 7 nitrogen and oxygen atoms in total. The minimum atomic E-state index is 0.269. The summed E-state index contributed by atoms with van der Waals surface area (Å²) in [6.45, 7) is 0. The van der Waals surface area contributed by atoms with Crippen molar-refractivity contribution >= 4 is 53.0 Å². The van der Waals surface area contributed by atoms with Crippen molar-refractivity contribution in [3.8, 4) is 0 Å². The number of hydrazine groups is 1. The number of carbonyl (C=O) groups excluding carboxylic acids is 1.